The molecular formula is C10H13F2N3O. The minimum Gasteiger partial charge on any atom is -0.399 e. The highest BCUT2D eigenvalue weighted by Crippen LogP contribution is 2.21. The van der Waals surface area contributed by atoms with Crippen LogP contribution in [0, 0.1) is 11.6 Å². The molecule has 0 aliphatic heterocycles. The Balaban J connectivity index is 2.78. The lowest BCUT2D eigenvalue weighted by Gasteiger charge is -2.13. The number of rotatable bonds is 3. The Bertz CT molecular complexity index is 384. The molecule has 0 spiro atoms. The van der Waals surface area contributed by atoms with Gasteiger partial charge in [-0.15, -0.1) is 0 Å². The maximum absolute atomic E-state index is 13.3. The summed E-state index contributed by atoms with van der Waals surface area (Å²) in [5.41, 5.74) is 4.91. The van der Waals surface area contributed by atoms with E-state index in [1.807, 2.05) is 0 Å². The SMILES string of the molecule is CN(C)C(=O)CNc1c(F)cc(N)cc1F. The van der Waals surface area contributed by atoms with E-state index >= 15 is 0 Å². The zero-order chi connectivity index (χ0) is 12.3. The largest absolute Gasteiger partial charge is 0.399 e. The molecule has 6 heteroatoms. The van der Waals surface area contributed by atoms with Gasteiger partial charge in [0, 0.05) is 19.8 Å². The van der Waals surface area contributed by atoms with Crippen LogP contribution in [0.15, 0.2) is 12.1 Å². The normalized spacial score (nSPS) is 10.0. The molecule has 3 N–H and O–H groups in total. The van der Waals surface area contributed by atoms with E-state index in [9.17, 15) is 13.6 Å². The van der Waals surface area contributed by atoms with Crippen LogP contribution >= 0.6 is 0 Å². The number of nitrogens with two attached hydrogens (primary N) is 1. The molecule has 0 atom stereocenters. The Hall–Kier alpha value is -1.85. The third-order valence-electron chi connectivity index (χ3n) is 1.98. The van der Waals surface area contributed by atoms with E-state index in [2.05, 4.69) is 5.32 Å². The maximum atomic E-state index is 13.3. The van der Waals surface area contributed by atoms with Gasteiger partial charge in [-0.2, -0.15) is 0 Å². The molecule has 0 bridgehead atoms. The van der Waals surface area contributed by atoms with Gasteiger partial charge in [0.05, 0.1) is 6.54 Å². The fourth-order valence-corrected chi connectivity index (χ4v) is 1.08. The number of amides is 1. The summed E-state index contributed by atoms with van der Waals surface area (Å²) in [6, 6.07) is 1.98. The summed E-state index contributed by atoms with van der Waals surface area (Å²) in [6.07, 6.45) is 0. The van der Waals surface area contributed by atoms with Gasteiger partial charge >= 0.3 is 0 Å². The van der Waals surface area contributed by atoms with Gasteiger partial charge < -0.3 is 16.0 Å². The number of anilines is 2. The molecular weight excluding hydrogens is 216 g/mol. The molecule has 1 amide bonds. The van der Waals surface area contributed by atoms with Crippen molar-refractivity contribution in [2.45, 2.75) is 0 Å². The number of nitrogens with one attached hydrogen (secondary N) is 1. The van der Waals surface area contributed by atoms with Crippen LogP contribution in [0.5, 0.6) is 0 Å². The van der Waals surface area contributed by atoms with Crippen LogP contribution in [0.2, 0.25) is 0 Å². The molecule has 0 aliphatic rings. The zero-order valence-electron chi connectivity index (χ0n) is 9.05. The van der Waals surface area contributed by atoms with E-state index in [-0.39, 0.29) is 23.8 Å². The van der Waals surface area contributed by atoms with Crippen LogP contribution in [0.3, 0.4) is 0 Å². The predicted octanol–water partition coefficient (Wildman–Crippen LogP) is 1.05. The van der Waals surface area contributed by atoms with E-state index in [1.54, 1.807) is 14.1 Å². The average molecular weight is 229 g/mol. The van der Waals surface area contributed by atoms with Crippen LogP contribution in [0.25, 0.3) is 0 Å². The summed E-state index contributed by atoms with van der Waals surface area (Å²) in [6.45, 7) is -0.176. The number of nitrogens with zero attached hydrogens (tertiary/aromatic N) is 1. The number of carbonyl (C=O) groups excluding carboxylic acids is 1. The number of carbonyl (C=O) groups is 1. The smallest absolute Gasteiger partial charge is 0.241 e. The van der Waals surface area contributed by atoms with Gasteiger partial charge in [0.1, 0.15) is 5.69 Å². The second-order valence-electron chi connectivity index (χ2n) is 3.50. The van der Waals surface area contributed by atoms with E-state index < -0.39 is 11.6 Å². The molecule has 0 heterocycles. The summed E-state index contributed by atoms with van der Waals surface area (Å²) < 4.78 is 26.5. The lowest BCUT2D eigenvalue weighted by Crippen LogP contribution is -2.29. The molecule has 16 heavy (non-hydrogen) atoms. The third-order valence-corrected chi connectivity index (χ3v) is 1.98. The zero-order valence-corrected chi connectivity index (χ0v) is 9.05. The van der Waals surface area contributed by atoms with Gasteiger partial charge in [0.25, 0.3) is 0 Å². The number of hydrogen-bond donors (Lipinski definition) is 2. The Morgan fingerprint density at radius 1 is 1.38 bits per heavy atom. The van der Waals surface area contributed by atoms with Gasteiger partial charge in [-0.3, -0.25) is 4.79 Å². The molecule has 0 unspecified atom stereocenters. The minimum atomic E-state index is -0.816. The summed E-state index contributed by atoms with van der Waals surface area (Å²) in [4.78, 5) is 12.5. The van der Waals surface area contributed by atoms with Crippen molar-refractivity contribution in [3.05, 3.63) is 23.8 Å². The monoisotopic (exact) mass is 229 g/mol. The number of nitrogen functional groups attached to an aromatic ring is 1. The number of halogens is 2. The van der Waals surface area contributed by atoms with E-state index in [0.29, 0.717) is 0 Å². The van der Waals surface area contributed by atoms with Gasteiger partial charge in [-0.05, 0) is 12.1 Å². The van der Waals surface area contributed by atoms with Crippen molar-refractivity contribution < 1.29 is 13.6 Å². The number of likely N-dealkylation sites (N-methyl/N-ethyl adjacent to an activating group) is 1. The van der Waals surface area contributed by atoms with Crippen molar-refractivity contribution in [3.8, 4) is 0 Å². The highest BCUT2D eigenvalue weighted by molar-refractivity contribution is 5.80. The van der Waals surface area contributed by atoms with Crippen molar-refractivity contribution in [2.24, 2.45) is 0 Å². The predicted molar refractivity (Wildman–Crippen MR) is 58.0 cm³/mol. The second kappa shape index (κ2) is 4.78. The van der Waals surface area contributed by atoms with Crippen LogP contribution in [0.1, 0.15) is 0 Å². The molecule has 0 radical (unpaired) electrons. The molecule has 0 fully saturated rings. The molecule has 4 nitrogen and oxygen atoms in total. The lowest BCUT2D eigenvalue weighted by atomic mass is 10.2. The summed E-state index contributed by atoms with van der Waals surface area (Å²) in [7, 11) is 3.11. The van der Waals surface area contributed by atoms with Crippen molar-refractivity contribution in [3.63, 3.8) is 0 Å². The van der Waals surface area contributed by atoms with E-state index in [0.717, 1.165) is 12.1 Å². The quantitative estimate of drug-likeness (QED) is 0.761. The standard InChI is InChI=1S/C10H13F2N3O/c1-15(2)9(16)5-14-10-7(11)3-6(13)4-8(10)12/h3-4,14H,5,13H2,1-2H3. The first-order chi connectivity index (χ1) is 7.41. The van der Waals surface area contributed by atoms with Crippen LogP contribution in [0.4, 0.5) is 20.2 Å². The lowest BCUT2D eigenvalue weighted by molar-refractivity contribution is -0.126. The first kappa shape index (κ1) is 12.2. The van der Waals surface area contributed by atoms with Crippen molar-refractivity contribution in [1.29, 1.82) is 0 Å². The maximum Gasteiger partial charge on any atom is 0.241 e. The fraction of sp³-hybridized carbons (Fsp3) is 0.300. The molecule has 0 aromatic heterocycles. The Morgan fingerprint density at radius 3 is 2.31 bits per heavy atom. The van der Waals surface area contributed by atoms with Gasteiger partial charge in [-0.1, -0.05) is 0 Å². The molecule has 1 aromatic carbocycles. The van der Waals surface area contributed by atoms with Crippen LogP contribution < -0.4 is 11.1 Å². The van der Waals surface area contributed by atoms with Crippen molar-refractivity contribution in [2.75, 3.05) is 31.7 Å². The molecule has 88 valence electrons. The minimum absolute atomic E-state index is 0.000476. The highest BCUT2D eigenvalue weighted by atomic mass is 19.1. The summed E-state index contributed by atoms with van der Waals surface area (Å²) in [5.74, 6) is -1.91. The first-order valence-corrected chi connectivity index (χ1v) is 4.60. The first-order valence-electron chi connectivity index (χ1n) is 4.60. The van der Waals surface area contributed by atoms with Gasteiger partial charge in [0.15, 0.2) is 11.6 Å². The van der Waals surface area contributed by atoms with Gasteiger partial charge in [-0.25, -0.2) is 8.78 Å². The van der Waals surface area contributed by atoms with E-state index in [4.69, 9.17) is 5.73 Å². The molecule has 1 rings (SSSR count). The highest BCUT2D eigenvalue weighted by Gasteiger charge is 2.11. The second-order valence-corrected chi connectivity index (χ2v) is 3.50. The van der Waals surface area contributed by atoms with Crippen molar-refractivity contribution >= 4 is 17.3 Å². The Labute approximate surface area is 92.0 Å². The molecule has 0 saturated heterocycles. The Morgan fingerprint density at radius 2 is 1.88 bits per heavy atom. The third kappa shape index (κ3) is 2.82. The van der Waals surface area contributed by atoms with Crippen LogP contribution in [-0.4, -0.2) is 31.4 Å². The summed E-state index contributed by atoms with van der Waals surface area (Å²) >= 11 is 0. The fourth-order valence-electron chi connectivity index (χ4n) is 1.08. The molecule has 0 saturated carbocycles. The number of hydrogen-bond acceptors (Lipinski definition) is 3. The van der Waals surface area contributed by atoms with E-state index in [1.165, 1.54) is 4.90 Å². The van der Waals surface area contributed by atoms with Gasteiger partial charge in [0.2, 0.25) is 5.91 Å². The molecule has 1 aromatic rings. The average Bonchev–Trinajstić information content (AvgIpc) is 2.15. The van der Waals surface area contributed by atoms with Crippen LogP contribution in [-0.2, 0) is 4.79 Å². The molecule has 0 aliphatic carbocycles. The Kier molecular flexibility index (Phi) is 3.65. The van der Waals surface area contributed by atoms with Crippen molar-refractivity contribution in [1.82, 2.24) is 4.90 Å². The number of benzene rings is 1. The summed E-state index contributed by atoms with van der Waals surface area (Å²) in [5, 5.41) is 2.39. The topological polar surface area (TPSA) is 58.4 Å².